The average Bonchev–Trinajstić information content (AvgIpc) is 2.79. The van der Waals surface area contributed by atoms with Crippen molar-refractivity contribution in [1.82, 2.24) is 4.90 Å². The van der Waals surface area contributed by atoms with E-state index in [-0.39, 0.29) is 11.9 Å². The van der Waals surface area contributed by atoms with Crippen LogP contribution in [0.15, 0.2) is 0 Å². The highest BCUT2D eigenvalue weighted by atomic mass is 16.5. The molecule has 5 heteroatoms. The number of rotatable bonds is 5. The number of likely N-dealkylation sites (N-methyl/N-ethyl adjacent to an activating group) is 1. The molecule has 0 radical (unpaired) electrons. The number of hydrogen-bond acceptors (Lipinski definition) is 5. The van der Waals surface area contributed by atoms with Crippen LogP contribution >= 0.6 is 0 Å². The number of esters is 1. The van der Waals surface area contributed by atoms with Crippen molar-refractivity contribution in [3.8, 4) is 0 Å². The van der Waals surface area contributed by atoms with Gasteiger partial charge in [-0.15, -0.1) is 0 Å². The monoisotopic (exact) mass is 285 g/mol. The van der Waals surface area contributed by atoms with Gasteiger partial charge in [0.05, 0.1) is 31.8 Å². The van der Waals surface area contributed by atoms with E-state index < -0.39 is 0 Å². The molecule has 0 aromatic heterocycles. The lowest BCUT2D eigenvalue weighted by molar-refractivity contribution is -0.147. The first-order chi connectivity index (χ1) is 9.63. The maximum atomic E-state index is 11.5. The first-order valence-corrected chi connectivity index (χ1v) is 7.56. The average molecular weight is 285 g/mol. The van der Waals surface area contributed by atoms with Crippen molar-refractivity contribution in [3.05, 3.63) is 0 Å². The molecular formula is C15H27NO4. The Balaban J connectivity index is 1.72. The van der Waals surface area contributed by atoms with Crippen LogP contribution in [0.25, 0.3) is 0 Å². The summed E-state index contributed by atoms with van der Waals surface area (Å²) in [5, 5.41) is 0. The number of ether oxygens (including phenoxy) is 3. The van der Waals surface area contributed by atoms with E-state index in [1.165, 1.54) is 7.11 Å². The fourth-order valence-electron chi connectivity index (χ4n) is 3.39. The Hall–Kier alpha value is -0.650. The summed E-state index contributed by atoms with van der Waals surface area (Å²) in [5.74, 6) is 0.0107. The first kappa shape index (κ1) is 15.7. The molecule has 0 spiro atoms. The minimum absolute atomic E-state index is 0.0655. The lowest BCUT2D eigenvalue weighted by atomic mass is 9.87. The van der Waals surface area contributed by atoms with Crippen molar-refractivity contribution in [3.63, 3.8) is 0 Å². The molecule has 0 N–H and O–H groups in total. The fraction of sp³-hybridized carbons (Fsp3) is 0.933. The minimum Gasteiger partial charge on any atom is -0.469 e. The fourth-order valence-corrected chi connectivity index (χ4v) is 3.39. The summed E-state index contributed by atoms with van der Waals surface area (Å²) in [6, 6.07) is 0.469. The summed E-state index contributed by atoms with van der Waals surface area (Å²) >= 11 is 0. The molecule has 0 aromatic carbocycles. The van der Waals surface area contributed by atoms with Crippen molar-refractivity contribution in [2.24, 2.45) is 5.92 Å². The Morgan fingerprint density at radius 2 is 1.85 bits per heavy atom. The third kappa shape index (κ3) is 3.93. The second-order valence-corrected chi connectivity index (χ2v) is 6.04. The SMILES string of the molecule is COC[C@@H]1C[C@@H](OC2CCC(C(=O)OC)CC2)CN1C. The Labute approximate surface area is 121 Å². The number of carbonyl (C=O) groups excluding carboxylic acids is 1. The van der Waals surface area contributed by atoms with Crippen molar-refractivity contribution in [2.45, 2.75) is 50.4 Å². The van der Waals surface area contributed by atoms with Crippen LogP contribution in [0.3, 0.4) is 0 Å². The molecule has 5 nitrogen and oxygen atoms in total. The number of methoxy groups -OCH3 is 2. The van der Waals surface area contributed by atoms with Gasteiger partial charge in [-0.05, 0) is 39.2 Å². The van der Waals surface area contributed by atoms with Crippen LogP contribution in [0.1, 0.15) is 32.1 Å². The maximum Gasteiger partial charge on any atom is 0.308 e. The smallest absolute Gasteiger partial charge is 0.308 e. The van der Waals surface area contributed by atoms with Crippen LogP contribution in [0.5, 0.6) is 0 Å². The van der Waals surface area contributed by atoms with Crippen LogP contribution in [0.2, 0.25) is 0 Å². The topological polar surface area (TPSA) is 48.0 Å². The van der Waals surface area contributed by atoms with Gasteiger partial charge in [0.25, 0.3) is 0 Å². The van der Waals surface area contributed by atoms with E-state index in [0.29, 0.717) is 18.2 Å². The molecule has 0 bridgehead atoms. The number of nitrogens with zero attached hydrogens (tertiary/aromatic N) is 1. The predicted molar refractivity (Wildman–Crippen MR) is 75.5 cm³/mol. The van der Waals surface area contributed by atoms with E-state index >= 15 is 0 Å². The van der Waals surface area contributed by atoms with Gasteiger partial charge >= 0.3 is 5.97 Å². The van der Waals surface area contributed by atoms with E-state index in [2.05, 4.69) is 11.9 Å². The molecule has 1 saturated carbocycles. The largest absolute Gasteiger partial charge is 0.469 e. The van der Waals surface area contributed by atoms with Crippen LogP contribution in [0.4, 0.5) is 0 Å². The van der Waals surface area contributed by atoms with Gasteiger partial charge in [0.1, 0.15) is 0 Å². The Bertz CT molecular complexity index is 315. The molecule has 2 fully saturated rings. The number of hydrogen-bond donors (Lipinski definition) is 0. The van der Waals surface area contributed by atoms with Crippen molar-refractivity contribution >= 4 is 5.97 Å². The Kier molecular flexibility index (Phi) is 5.81. The van der Waals surface area contributed by atoms with Crippen LogP contribution in [-0.4, -0.2) is 63.5 Å². The normalized spacial score (nSPS) is 35.1. The van der Waals surface area contributed by atoms with Crippen LogP contribution in [0, 0.1) is 5.92 Å². The van der Waals surface area contributed by atoms with Gasteiger partial charge in [-0.3, -0.25) is 9.69 Å². The van der Waals surface area contributed by atoms with E-state index in [9.17, 15) is 4.79 Å². The molecule has 2 atom stereocenters. The van der Waals surface area contributed by atoms with Gasteiger partial charge in [-0.25, -0.2) is 0 Å². The van der Waals surface area contributed by atoms with Gasteiger partial charge in [0.15, 0.2) is 0 Å². The summed E-state index contributed by atoms with van der Waals surface area (Å²) in [6.07, 6.45) is 5.36. The molecule has 20 heavy (non-hydrogen) atoms. The minimum atomic E-state index is -0.0655. The first-order valence-electron chi connectivity index (χ1n) is 7.56. The highest BCUT2D eigenvalue weighted by Crippen LogP contribution is 2.30. The summed E-state index contributed by atoms with van der Waals surface area (Å²) < 4.78 is 16.3. The van der Waals surface area contributed by atoms with Gasteiger partial charge in [-0.2, -0.15) is 0 Å². The molecule has 116 valence electrons. The van der Waals surface area contributed by atoms with Crippen LogP contribution < -0.4 is 0 Å². The Morgan fingerprint density at radius 3 is 2.45 bits per heavy atom. The molecule has 0 unspecified atom stereocenters. The zero-order valence-corrected chi connectivity index (χ0v) is 12.8. The second kappa shape index (κ2) is 7.38. The maximum absolute atomic E-state index is 11.5. The highest BCUT2D eigenvalue weighted by molar-refractivity contribution is 5.72. The van der Waals surface area contributed by atoms with E-state index in [1.807, 2.05) is 0 Å². The van der Waals surface area contributed by atoms with Crippen molar-refractivity contribution in [1.29, 1.82) is 0 Å². The standard InChI is InChI=1S/C15H27NO4/c1-16-9-14(8-12(16)10-18-2)20-13-6-4-11(5-7-13)15(17)19-3/h11-14H,4-10H2,1-3H3/t11?,12-,13?,14+/m0/s1. The highest BCUT2D eigenvalue weighted by Gasteiger charge is 2.34. The summed E-state index contributed by atoms with van der Waals surface area (Å²) in [7, 11) is 5.34. The molecule has 1 aliphatic carbocycles. The number of carbonyl (C=O) groups is 1. The third-order valence-electron chi connectivity index (χ3n) is 4.60. The van der Waals surface area contributed by atoms with E-state index in [0.717, 1.165) is 45.3 Å². The molecule has 2 rings (SSSR count). The molecule has 1 heterocycles. The van der Waals surface area contributed by atoms with Gasteiger partial charge in [-0.1, -0.05) is 0 Å². The van der Waals surface area contributed by atoms with Crippen LogP contribution in [-0.2, 0) is 19.0 Å². The molecule has 0 amide bonds. The van der Waals surface area contributed by atoms with Crippen molar-refractivity contribution < 1.29 is 19.0 Å². The van der Waals surface area contributed by atoms with E-state index in [4.69, 9.17) is 14.2 Å². The van der Waals surface area contributed by atoms with Gasteiger partial charge in [0, 0.05) is 19.7 Å². The molecular weight excluding hydrogens is 258 g/mol. The second-order valence-electron chi connectivity index (χ2n) is 6.04. The quantitative estimate of drug-likeness (QED) is 0.716. The molecule has 0 aromatic rings. The van der Waals surface area contributed by atoms with E-state index in [1.54, 1.807) is 7.11 Å². The lowest BCUT2D eigenvalue weighted by Gasteiger charge is -2.29. The van der Waals surface area contributed by atoms with Gasteiger partial charge < -0.3 is 14.2 Å². The predicted octanol–water partition coefficient (Wildman–Crippen LogP) is 1.45. The summed E-state index contributed by atoms with van der Waals surface area (Å²) in [6.45, 7) is 1.75. The third-order valence-corrected chi connectivity index (χ3v) is 4.60. The number of likely N-dealkylation sites (tertiary alicyclic amines) is 1. The molecule has 1 aliphatic heterocycles. The Morgan fingerprint density at radius 1 is 1.15 bits per heavy atom. The zero-order chi connectivity index (χ0) is 14.5. The molecule has 1 saturated heterocycles. The van der Waals surface area contributed by atoms with Gasteiger partial charge in [0.2, 0.25) is 0 Å². The van der Waals surface area contributed by atoms with Crippen molar-refractivity contribution in [2.75, 3.05) is 34.4 Å². The molecule has 2 aliphatic rings. The zero-order valence-electron chi connectivity index (χ0n) is 12.8. The summed E-state index contributed by atoms with van der Waals surface area (Å²) in [5.41, 5.74) is 0. The summed E-state index contributed by atoms with van der Waals surface area (Å²) in [4.78, 5) is 13.8. The lowest BCUT2D eigenvalue weighted by Crippen LogP contribution is -2.31.